The van der Waals surface area contributed by atoms with Gasteiger partial charge in [0.05, 0.1) is 12.2 Å². The third-order valence-corrected chi connectivity index (χ3v) is 5.91. The molecule has 4 nitrogen and oxygen atoms in total. The van der Waals surface area contributed by atoms with Crippen molar-refractivity contribution >= 4 is 0 Å². The molecule has 18 heavy (non-hydrogen) atoms. The zero-order valence-corrected chi connectivity index (χ0v) is 11.0. The van der Waals surface area contributed by atoms with Crippen molar-refractivity contribution in [3.8, 4) is 0 Å². The molecule has 0 radical (unpaired) electrons. The van der Waals surface area contributed by atoms with E-state index >= 15 is 0 Å². The van der Waals surface area contributed by atoms with Gasteiger partial charge in [0.1, 0.15) is 0 Å². The first kappa shape index (κ1) is 11.6. The fourth-order valence-electron chi connectivity index (χ4n) is 5.11. The molecule has 2 N–H and O–H groups in total. The van der Waals surface area contributed by atoms with Crippen LogP contribution in [0.4, 0.5) is 0 Å². The molecule has 4 aliphatic rings. The topological polar surface area (TPSA) is 53.7 Å². The fourth-order valence-corrected chi connectivity index (χ4v) is 5.11. The van der Waals surface area contributed by atoms with Gasteiger partial charge in [-0.25, -0.2) is 0 Å². The predicted octanol–water partition coefficient (Wildman–Crippen LogP) is 1.63. The van der Waals surface area contributed by atoms with Crippen LogP contribution < -0.4 is 5.73 Å². The molecule has 1 aliphatic heterocycles. The van der Waals surface area contributed by atoms with Crippen molar-refractivity contribution in [3.63, 3.8) is 0 Å². The van der Waals surface area contributed by atoms with Crippen LogP contribution in [-0.2, 0) is 14.2 Å². The number of nitrogens with two attached hydrogens (primary N) is 1. The van der Waals surface area contributed by atoms with Crippen LogP contribution in [0.25, 0.3) is 0 Å². The van der Waals surface area contributed by atoms with Crippen molar-refractivity contribution in [2.24, 2.45) is 23.0 Å². The molecule has 3 saturated carbocycles. The summed E-state index contributed by atoms with van der Waals surface area (Å²) in [5.41, 5.74) is 6.83. The predicted molar refractivity (Wildman–Crippen MR) is 65.6 cm³/mol. The highest BCUT2D eigenvalue weighted by molar-refractivity contribution is 5.14. The summed E-state index contributed by atoms with van der Waals surface area (Å²) in [6.07, 6.45) is 6.65. The molecule has 4 fully saturated rings. The third-order valence-electron chi connectivity index (χ3n) is 5.91. The van der Waals surface area contributed by atoms with Gasteiger partial charge in [0.25, 0.3) is 6.48 Å². The van der Waals surface area contributed by atoms with E-state index in [-0.39, 0.29) is 12.2 Å². The first-order valence-corrected chi connectivity index (χ1v) is 7.41. The molecule has 5 atom stereocenters. The van der Waals surface area contributed by atoms with Gasteiger partial charge in [-0.15, -0.1) is 0 Å². The van der Waals surface area contributed by atoms with Gasteiger partial charge in [-0.05, 0) is 56.3 Å². The SMILES string of the molecule is CCOC1O[C@@H]2CC3(C[C@H]2O1)C1CC[C@@H](C1)C3N. The van der Waals surface area contributed by atoms with Crippen molar-refractivity contribution in [1.82, 2.24) is 0 Å². The Morgan fingerprint density at radius 2 is 1.94 bits per heavy atom. The molecule has 3 aliphatic carbocycles. The maximum Gasteiger partial charge on any atom is 0.272 e. The van der Waals surface area contributed by atoms with Crippen molar-refractivity contribution in [1.29, 1.82) is 0 Å². The first-order chi connectivity index (χ1) is 8.73. The molecule has 102 valence electrons. The minimum atomic E-state index is -0.433. The maximum atomic E-state index is 6.51. The van der Waals surface area contributed by atoms with E-state index in [1.165, 1.54) is 19.3 Å². The molecule has 2 unspecified atom stereocenters. The largest absolute Gasteiger partial charge is 0.330 e. The van der Waals surface area contributed by atoms with E-state index in [2.05, 4.69) is 0 Å². The number of ether oxygens (including phenoxy) is 3. The summed E-state index contributed by atoms with van der Waals surface area (Å²) in [6, 6.07) is 0.375. The summed E-state index contributed by atoms with van der Waals surface area (Å²) >= 11 is 0. The summed E-state index contributed by atoms with van der Waals surface area (Å²) in [4.78, 5) is 0. The van der Waals surface area contributed by atoms with Crippen LogP contribution in [0.2, 0.25) is 0 Å². The molecule has 0 aromatic heterocycles. The smallest absolute Gasteiger partial charge is 0.272 e. The monoisotopic (exact) mass is 253 g/mol. The van der Waals surface area contributed by atoms with Crippen LogP contribution in [0.1, 0.15) is 39.0 Å². The molecule has 0 aromatic rings. The summed E-state index contributed by atoms with van der Waals surface area (Å²) < 4.78 is 17.1. The highest BCUT2D eigenvalue weighted by Crippen LogP contribution is 2.63. The zero-order chi connectivity index (χ0) is 12.3. The second-order valence-electron chi connectivity index (χ2n) is 6.53. The van der Waals surface area contributed by atoms with E-state index in [1.807, 2.05) is 6.92 Å². The Kier molecular flexibility index (Phi) is 2.54. The van der Waals surface area contributed by atoms with Gasteiger partial charge in [0.15, 0.2) is 0 Å². The molecular formula is C14H23NO3. The Balaban J connectivity index is 1.50. The van der Waals surface area contributed by atoms with Crippen molar-refractivity contribution in [2.75, 3.05) is 6.61 Å². The number of fused-ring (bicyclic) bond motifs is 4. The second-order valence-corrected chi connectivity index (χ2v) is 6.53. The zero-order valence-electron chi connectivity index (χ0n) is 11.0. The Morgan fingerprint density at radius 3 is 2.50 bits per heavy atom. The highest BCUT2D eigenvalue weighted by Gasteiger charge is 2.63. The average molecular weight is 253 g/mol. The normalized spacial score (nSPS) is 49.3. The summed E-state index contributed by atoms with van der Waals surface area (Å²) in [5.74, 6) is 1.58. The molecule has 4 rings (SSSR count). The van der Waals surface area contributed by atoms with Crippen LogP contribution in [-0.4, -0.2) is 31.3 Å². The van der Waals surface area contributed by atoms with Gasteiger partial charge in [-0.3, -0.25) is 0 Å². The first-order valence-electron chi connectivity index (χ1n) is 7.41. The molecule has 0 amide bonds. The summed E-state index contributed by atoms with van der Waals surface area (Å²) in [5, 5.41) is 0. The van der Waals surface area contributed by atoms with Gasteiger partial charge in [0.2, 0.25) is 0 Å². The van der Waals surface area contributed by atoms with Crippen LogP contribution >= 0.6 is 0 Å². The summed E-state index contributed by atoms with van der Waals surface area (Å²) in [6.45, 7) is 2.17. The minimum Gasteiger partial charge on any atom is -0.330 e. The van der Waals surface area contributed by atoms with Gasteiger partial charge >= 0.3 is 0 Å². The van der Waals surface area contributed by atoms with Gasteiger partial charge in [-0.2, -0.15) is 0 Å². The van der Waals surface area contributed by atoms with Gasteiger partial charge < -0.3 is 19.9 Å². The fraction of sp³-hybridized carbons (Fsp3) is 1.00. The lowest BCUT2D eigenvalue weighted by molar-refractivity contribution is -0.247. The molecule has 2 bridgehead atoms. The number of hydrogen-bond donors (Lipinski definition) is 1. The third kappa shape index (κ3) is 1.40. The van der Waals surface area contributed by atoms with Crippen LogP contribution in [0.15, 0.2) is 0 Å². The van der Waals surface area contributed by atoms with E-state index in [9.17, 15) is 0 Å². The van der Waals surface area contributed by atoms with E-state index < -0.39 is 6.48 Å². The number of rotatable bonds is 2. The quantitative estimate of drug-likeness (QED) is 0.812. The van der Waals surface area contributed by atoms with Gasteiger partial charge in [0, 0.05) is 12.6 Å². The maximum absolute atomic E-state index is 6.51. The molecule has 1 saturated heterocycles. The Morgan fingerprint density at radius 1 is 1.22 bits per heavy atom. The minimum absolute atomic E-state index is 0.215. The Hall–Kier alpha value is -0.160. The lowest BCUT2D eigenvalue weighted by atomic mass is 9.69. The van der Waals surface area contributed by atoms with Crippen molar-refractivity contribution < 1.29 is 14.2 Å². The van der Waals surface area contributed by atoms with Crippen molar-refractivity contribution in [3.05, 3.63) is 0 Å². The molecular weight excluding hydrogens is 230 g/mol. The second kappa shape index (κ2) is 3.92. The average Bonchev–Trinajstić information content (AvgIpc) is 3.02. The lowest BCUT2D eigenvalue weighted by Gasteiger charge is -2.40. The summed E-state index contributed by atoms with van der Waals surface area (Å²) in [7, 11) is 0. The standard InChI is InChI=1S/C14H23NO3/c1-2-16-13-17-10-6-14(7-11(10)18-13)9-4-3-8(5-9)12(14)15/h8-13H,2-7,15H2,1H3/t8-,9?,10+,11+,12?,13?,14?/m0/s1. The van der Waals surface area contributed by atoms with E-state index in [0.29, 0.717) is 18.1 Å². The Labute approximate surface area is 108 Å². The molecule has 1 heterocycles. The van der Waals surface area contributed by atoms with Crippen LogP contribution in [0.3, 0.4) is 0 Å². The number of hydrogen-bond acceptors (Lipinski definition) is 4. The van der Waals surface area contributed by atoms with E-state index in [4.69, 9.17) is 19.9 Å². The Bertz CT molecular complexity index is 330. The highest BCUT2D eigenvalue weighted by atomic mass is 16.9. The molecule has 4 heteroatoms. The molecule has 0 aromatic carbocycles. The van der Waals surface area contributed by atoms with Crippen LogP contribution in [0, 0.1) is 17.3 Å². The van der Waals surface area contributed by atoms with Crippen LogP contribution in [0.5, 0.6) is 0 Å². The van der Waals surface area contributed by atoms with E-state index in [1.54, 1.807) is 0 Å². The lowest BCUT2D eigenvalue weighted by Crippen LogP contribution is -2.45. The van der Waals surface area contributed by atoms with Gasteiger partial charge in [-0.1, -0.05) is 0 Å². The molecule has 1 spiro atoms. The van der Waals surface area contributed by atoms with Crippen molar-refractivity contribution in [2.45, 2.75) is 63.8 Å². The van der Waals surface area contributed by atoms with E-state index in [0.717, 1.165) is 24.7 Å².